The third-order valence-electron chi connectivity index (χ3n) is 3.50. The smallest absolute Gasteiger partial charge is 0.143 e. The van der Waals surface area contributed by atoms with E-state index in [2.05, 4.69) is 29.4 Å². The molecule has 0 spiro atoms. The van der Waals surface area contributed by atoms with E-state index in [1.165, 1.54) is 16.5 Å². The number of hydrogen-bond acceptors (Lipinski definition) is 3. The zero-order valence-electron chi connectivity index (χ0n) is 10.7. The number of nitrogens with one attached hydrogen (secondary N) is 2. The Labute approximate surface area is 106 Å². The summed E-state index contributed by atoms with van der Waals surface area (Å²) in [5, 5.41) is 4.56. The van der Waals surface area contributed by atoms with Crippen LogP contribution in [0.2, 0.25) is 0 Å². The molecule has 0 radical (unpaired) electrons. The molecule has 1 unspecified atom stereocenters. The molecule has 4 nitrogen and oxygen atoms in total. The van der Waals surface area contributed by atoms with Crippen molar-refractivity contribution in [3.05, 3.63) is 29.5 Å². The van der Waals surface area contributed by atoms with Crippen molar-refractivity contribution in [2.24, 2.45) is 0 Å². The van der Waals surface area contributed by atoms with Crippen molar-refractivity contribution in [3.63, 3.8) is 0 Å². The number of H-pyrrole nitrogens is 1. The van der Waals surface area contributed by atoms with Gasteiger partial charge in [0, 0.05) is 24.7 Å². The summed E-state index contributed by atoms with van der Waals surface area (Å²) < 4.78 is 11.3. The minimum absolute atomic E-state index is 0.117. The Bertz CT molecular complexity index is 556. The highest BCUT2D eigenvalue weighted by Crippen LogP contribution is 2.32. The van der Waals surface area contributed by atoms with Gasteiger partial charge in [-0.05, 0) is 30.2 Å². The van der Waals surface area contributed by atoms with Crippen LogP contribution in [0.3, 0.4) is 0 Å². The molecule has 0 bridgehead atoms. The number of morpholine rings is 1. The normalized spacial score (nSPS) is 20.2. The summed E-state index contributed by atoms with van der Waals surface area (Å²) in [5.74, 6) is 0.879. The molecular formula is C14H18N2O2. The number of hydrogen-bond donors (Lipinski definition) is 2. The van der Waals surface area contributed by atoms with E-state index in [1.807, 2.05) is 6.20 Å². The van der Waals surface area contributed by atoms with Gasteiger partial charge in [-0.3, -0.25) is 0 Å². The number of rotatable bonds is 2. The van der Waals surface area contributed by atoms with Crippen LogP contribution in [0.4, 0.5) is 0 Å². The number of ether oxygens (including phenoxy) is 2. The van der Waals surface area contributed by atoms with Gasteiger partial charge in [-0.2, -0.15) is 0 Å². The van der Waals surface area contributed by atoms with Crippen molar-refractivity contribution in [3.8, 4) is 5.75 Å². The highest BCUT2D eigenvalue weighted by Gasteiger charge is 2.18. The van der Waals surface area contributed by atoms with Gasteiger partial charge in [0.25, 0.3) is 0 Å². The molecule has 1 fully saturated rings. The standard InChI is InChI=1S/C14H18N2O2/c1-9-7-16-14-11(9)5-10(6-12(14)17-2)13-8-15-3-4-18-13/h5-7,13,15-16H,3-4,8H2,1-2H3. The van der Waals surface area contributed by atoms with Gasteiger partial charge in [-0.15, -0.1) is 0 Å². The highest BCUT2D eigenvalue weighted by atomic mass is 16.5. The average Bonchev–Trinajstić information content (AvgIpc) is 2.81. The fourth-order valence-electron chi connectivity index (χ4n) is 2.48. The molecule has 1 atom stereocenters. The van der Waals surface area contributed by atoms with Gasteiger partial charge >= 0.3 is 0 Å². The van der Waals surface area contributed by atoms with Gasteiger partial charge in [0.15, 0.2) is 0 Å². The van der Waals surface area contributed by atoms with Crippen molar-refractivity contribution in [2.45, 2.75) is 13.0 Å². The number of fused-ring (bicyclic) bond motifs is 1. The molecule has 2 aromatic rings. The van der Waals surface area contributed by atoms with Gasteiger partial charge in [-0.1, -0.05) is 0 Å². The topological polar surface area (TPSA) is 46.3 Å². The molecule has 1 aliphatic rings. The summed E-state index contributed by atoms with van der Waals surface area (Å²) in [5.41, 5.74) is 3.46. The fraction of sp³-hybridized carbons (Fsp3) is 0.429. The van der Waals surface area contributed by atoms with Gasteiger partial charge < -0.3 is 19.8 Å². The lowest BCUT2D eigenvalue weighted by molar-refractivity contribution is 0.0277. The van der Waals surface area contributed by atoms with Crippen LogP contribution in [0.15, 0.2) is 18.3 Å². The van der Waals surface area contributed by atoms with Crippen LogP contribution in [-0.2, 0) is 4.74 Å². The lowest BCUT2D eigenvalue weighted by Gasteiger charge is -2.24. The fourth-order valence-corrected chi connectivity index (χ4v) is 2.48. The quantitative estimate of drug-likeness (QED) is 0.853. The van der Waals surface area contributed by atoms with E-state index in [1.54, 1.807) is 7.11 Å². The van der Waals surface area contributed by atoms with E-state index in [0.29, 0.717) is 0 Å². The van der Waals surface area contributed by atoms with Gasteiger partial charge in [0.1, 0.15) is 5.75 Å². The molecule has 0 amide bonds. The molecule has 4 heteroatoms. The molecule has 2 heterocycles. The lowest BCUT2D eigenvalue weighted by Crippen LogP contribution is -2.33. The Morgan fingerprint density at radius 1 is 1.39 bits per heavy atom. The predicted octanol–water partition coefficient (Wildman–Crippen LogP) is 2.15. The number of methoxy groups -OCH3 is 1. The van der Waals surface area contributed by atoms with Crippen LogP contribution < -0.4 is 10.1 Å². The van der Waals surface area contributed by atoms with E-state index in [9.17, 15) is 0 Å². The molecule has 18 heavy (non-hydrogen) atoms. The second-order valence-electron chi connectivity index (χ2n) is 4.68. The van der Waals surface area contributed by atoms with Crippen molar-refractivity contribution < 1.29 is 9.47 Å². The monoisotopic (exact) mass is 246 g/mol. The summed E-state index contributed by atoms with van der Waals surface area (Å²) in [6, 6.07) is 4.26. The minimum atomic E-state index is 0.117. The van der Waals surface area contributed by atoms with E-state index in [4.69, 9.17) is 9.47 Å². The molecule has 1 aromatic carbocycles. The Kier molecular flexibility index (Phi) is 2.97. The molecule has 2 N–H and O–H groups in total. The summed E-state index contributed by atoms with van der Waals surface area (Å²) >= 11 is 0. The van der Waals surface area contributed by atoms with Crippen LogP contribution in [0.25, 0.3) is 10.9 Å². The summed E-state index contributed by atoms with van der Waals surface area (Å²) in [6.45, 7) is 4.65. The van der Waals surface area contributed by atoms with E-state index in [0.717, 1.165) is 31.0 Å². The zero-order chi connectivity index (χ0) is 12.5. The number of aromatic amines is 1. The molecular weight excluding hydrogens is 228 g/mol. The van der Waals surface area contributed by atoms with Crippen molar-refractivity contribution in [1.82, 2.24) is 10.3 Å². The van der Waals surface area contributed by atoms with Crippen LogP contribution >= 0.6 is 0 Å². The predicted molar refractivity (Wildman–Crippen MR) is 71.2 cm³/mol. The second kappa shape index (κ2) is 4.63. The van der Waals surface area contributed by atoms with Crippen LogP contribution in [0, 0.1) is 6.92 Å². The van der Waals surface area contributed by atoms with Gasteiger partial charge in [0.2, 0.25) is 0 Å². The third-order valence-corrected chi connectivity index (χ3v) is 3.50. The minimum Gasteiger partial charge on any atom is -0.495 e. The average molecular weight is 246 g/mol. The van der Waals surface area contributed by atoms with Gasteiger partial charge in [-0.25, -0.2) is 0 Å². The maximum atomic E-state index is 5.80. The maximum Gasteiger partial charge on any atom is 0.143 e. The largest absolute Gasteiger partial charge is 0.495 e. The molecule has 1 aliphatic heterocycles. The van der Waals surface area contributed by atoms with Gasteiger partial charge in [0.05, 0.1) is 25.3 Å². The summed E-state index contributed by atoms with van der Waals surface area (Å²) in [6.07, 6.45) is 2.13. The molecule has 1 aromatic heterocycles. The van der Waals surface area contributed by atoms with E-state index < -0.39 is 0 Å². The Morgan fingerprint density at radius 3 is 3.00 bits per heavy atom. The SMILES string of the molecule is COc1cc(C2CNCCO2)cc2c(C)c[nH]c12. The number of aromatic nitrogens is 1. The van der Waals surface area contributed by atoms with Crippen LogP contribution in [-0.4, -0.2) is 31.8 Å². The first-order valence-corrected chi connectivity index (χ1v) is 6.27. The van der Waals surface area contributed by atoms with Crippen molar-refractivity contribution in [2.75, 3.05) is 26.8 Å². The first-order chi connectivity index (χ1) is 8.79. The summed E-state index contributed by atoms with van der Waals surface area (Å²) in [7, 11) is 1.70. The highest BCUT2D eigenvalue weighted by molar-refractivity contribution is 5.89. The van der Waals surface area contributed by atoms with Crippen LogP contribution in [0.1, 0.15) is 17.2 Å². The Morgan fingerprint density at radius 2 is 2.28 bits per heavy atom. The van der Waals surface area contributed by atoms with E-state index in [-0.39, 0.29) is 6.10 Å². The molecule has 96 valence electrons. The maximum absolute atomic E-state index is 5.80. The Hall–Kier alpha value is -1.52. The summed E-state index contributed by atoms with van der Waals surface area (Å²) in [4.78, 5) is 3.26. The first kappa shape index (κ1) is 11.6. The lowest BCUT2D eigenvalue weighted by atomic mass is 10.0. The molecule has 1 saturated heterocycles. The third kappa shape index (κ3) is 1.87. The second-order valence-corrected chi connectivity index (χ2v) is 4.68. The first-order valence-electron chi connectivity index (χ1n) is 6.27. The van der Waals surface area contributed by atoms with Crippen LogP contribution in [0.5, 0.6) is 5.75 Å². The Balaban J connectivity index is 2.08. The van der Waals surface area contributed by atoms with Crippen molar-refractivity contribution in [1.29, 1.82) is 0 Å². The van der Waals surface area contributed by atoms with Crippen molar-refractivity contribution >= 4 is 10.9 Å². The van der Waals surface area contributed by atoms with E-state index >= 15 is 0 Å². The molecule has 3 rings (SSSR count). The zero-order valence-corrected chi connectivity index (χ0v) is 10.7. The number of benzene rings is 1. The number of aryl methyl sites for hydroxylation is 1. The molecule has 0 aliphatic carbocycles. The molecule has 0 saturated carbocycles.